The summed E-state index contributed by atoms with van der Waals surface area (Å²) >= 11 is 1.62. The van der Waals surface area contributed by atoms with Gasteiger partial charge in [-0.3, -0.25) is 4.79 Å². The van der Waals surface area contributed by atoms with Crippen molar-refractivity contribution in [1.82, 2.24) is 4.90 Å². The number of benzene rings is 1. The minimum Gasteiger partial charge on any atom is -0.376 e. The first-order chi connectivity index (χ1) is 11.4. The zero-order valence-electron chi connectivity index (χ0n) is 12.8. The van der Waals surface area contributed by atoms with Crippen molar-refractivity contribution in [2.24, 2.45) is 0 Å². The highest BCUT2D eigenvalue weighted by atomic mass is 32.1. The van der Waals surface area contributed by atoms with Gasteiger partial charge in [-0.2, -0.15) is 13.2 Å². The second kappa shape index (κ2) is 6.84. The van der Waals surface area contributed by atoms with E-state index in [4.69, 9.17) is 0 Å². The average molecular weight is 354 g/mol. The normalized spacial score (nSPS) is 18.0. The number of carbonyl (C=O) groups excluding carboxylic acids is 1. The molecule has 3 nitrogen and oxygen atoms in total. The van der Waals surface area contributed by atoms with Gasteiger partial charge in [0.2, 0.25) is 5.91 Å². The maximum Gasteiger partial charge on any atom is 0.416 e. The number of rotatable bonds is 4. The van der Waals surface area contributed by atoms with Gasteiger partial charge in [0.05, 0.1) is 18.2 Å². The topological polar surface area (TPSA) is 32.3 Å². The van der Waals surface area contributed by atoms with Crippen LogP contribution in [0.15, 0.2) is 41.8 Å². The molecule has 0 saturated carbocycles. The second-order valence-corrected chi connectivity index (χ2v) is 6.67. The Morgan fingerprint density at radius 2 is 2.12 bits per heavy atom. The van der Waals surface area contributed by atoms with Crippen LogP contribution in [0.1, 0.15) is 29.3 Å². The lowest BCUT2D eigenvalue weighted by Crippen LogP contribution is -2.34. The minimum atomic E-state index is -4.39. The number of hydrogen-bond donors (Lipinski definition) is 1. The Morgan fingerprint density at radius 1 is 1.29 bits per heavy atom. The largest absolute Gasteiger partial charge is 0.416 e. The van der Waals surface area contributed by atoms with Gasteiger partial charge in [0.15, 0.2) is 0 Å². The number of nitrogens with one attached hydrogen (secondary N) is 1. The lowest BCUT2D eigenvalue weighted by atomic mass is 10.2. The molecule has 0 radical (unpaired) electrons. The molecule has 7 heteroatoms. The molecule has 1 aliphatic rings. The zero-order chi connectivity index (χ0) is 17.2. The molecule has 24 heavy (non-hydrogen) atoms. The smallest absolute Gasteiger partial charge is 0.376 e. The fraction of sp³-hybridized carbons (Fsp3) is 0.353. The molecule has 1 aromatic carbocycles. The van der Waals surface area contributed by atoms with Crippen LogP contribution in [0, 0.1) is 0 Å². The molecule has 0 spiro atoms. The summed E-state index contributed by atoms with van der Waals surface area (Å²) in [6, 6.07) is 8.96. The predicted molar refractivity (Wildman–Crippen MR) is 87.9 cm³/mol. The van der Waals surface area contributed by atoms with E-state index in [1.807, 2.05) is 22.4 Å². The molecule has 1 saturated heterocycles. The van der Waals surface area contributed by atoms with Gasteiger partial charge in [-0.1, -0.05) is 12.1 Å². The molecule has 0 bridgehead atoms. The predicted octanol–water partition coefficient (Wildman–Crippen LogP) is 4.54. The third-order valence-corrected chi connectivity index (χ3v) is 5.05. The fourth-order valence-electron chi connectivity index (χ4n) is 2.93. The molecule has 1 atom stereocenters. The van der Waals surface area contributed by atoms with Crippen molar-refractivity contribution in [1.29, 1.82) is 0 Å². The van der Waals surface area contributed by atoms with Crippen molar-refractivity contribution in [2.45, 2.75) is 25.1 Å². The molecule has 1 fully saturated rings. The zero-order valence-corrected chi connectivity index (χ0v) is 13.7. The molecule has 128 valence electrons. The Labute approximate surface area is 142 Å². The van der Waals surface area contributed by atoms with Crippen LogP contribution >= 0.6 is 11.3 Å². The molecule has 1 aromatic heterocycles. The van der Waals surface area contributed by atoms with E-state index in [1.165, 1.54) is 12.1 Å². The molecule has 2 heterocycles. The number of thiophene rings is 1. The summed E-state index contributed by atoms with van der Waals surface area (Å²) < 4.78 is 38.2. The van der Waals surface area contributed by atoms with E-state index in [0.717, 1.165) is 29.9 Å². The highest BCUT2D eigenvalue weighted by molar-refractivity contribution is 7.10. The summed E-state index contributed by atoms with van der Waals surface area (Å²) in [5.41, 5.74) is -0.428. The number of amides is 1. The second-order valence-electron chi connectivity index (χ2n) is 5.69. The standard InChI is InChI=1S/C17H17F3N2OS/c18-17(19,20)12-4-1-5-13(10-12)21-11-16(23)22-8-2-6-14(22)15-7-3-9-24-15/h1,3-5,7,9-10,14,21H,2,6,8,11H2. The van der Waals surface area contributed by atoms with Crippen molar-refractivity contribution in [3.05, 3.63) is 52.2 Å². The van der Waals surface area contributed by atoms with Crippen LogP contribution in [0.2, 0.25) is 0 Å². The van der Waals surface area contributed by atoms with Crippen LogP contribution in [0.3, 0.4) is 0 Å². The molecule has 1 aliphatic heterocycles. The molecule has 0 aliphatic carbocycles. The van der Waals surface area contributed by atoms with Crippen molar-refractivity contribution in [3.8, 4) is 0 Å². The number of halogens is 3. The van der Waals surface area contributed by atoms with Gasteiger partial charge in [0, 0.05) is 17.1 Å². The van der Waals surface area contributed by atoms with E-state index in [1.54, 1.807) is 11.3 Å². The van der Waals surface area contributed by atoms with Gasteiger partial charge >= 0.3 is 6.18 Å². The SMILES string of the molecule is O=C(CNc1cccc(C(F)(F)F)c1)N1CCCC1c1cccs1. The molecule has 1 amide bonds. The Balaban J connectivity index is 1.63. The summed E-state index contributed by atoms with van der Waals surface area (Å²) in [5, 5.41) is 4.80. The summed E-state index contributed by atoms with van der Waals surface area (Å²) in [6.45, 7) is 0.675. The summed E-state index contributed by atoms with van der Waals surface area (Å²) in [5.74, 6) is -0.0942. The summed E-state index contributed by atoms with van der Waals surface area (Å²) in [6.07, 6.45) is -2.52. The van der Waals surface area contributed by atoms with Crippen LogP contribution in [-0.2, 0) is 11.0 Å². The summed E-state index contributed by atoms with van der Waals surface area (Å²) in [7, 11) is 0. The van der Waals surface area contributed by atoms with Gasteiger partial charge in [-0.05, 0) is 42.5 Å². The van der Waals surface area contributed by atoms with E-state index in [2.05, 4.69) is 5.32 Å². The van der Waals surface area contributed by atoms with Crippen LogP contribution in [0.5, 0.6) is 0 Å². The molecule has 1 unspecified atom stereocenters. The fourth-order valence-corrected chi connectivity index (χ4v) is 3.80. The van der Waals surface area contributed by atoms with Gasteiger partial charge < -0.3 is 10.2 Å². The number of alkyl halides is 3. The number of carbonyl (C=O) groups is 1. The van der Waals surface area contributed by atoms with Crippen molar-refractivity contribution in [3.63, 3.8) is 0 Å². The van der Waals surface area contributed by atoms with Crippen molar-refractivity contribution in [2.75, 3.05) is 18.4 Å². The van der Waals surface area contributed by atoms with Gasteiger partial charge in [0.25, 0.3) is 0 Å². The van der Waals surface area contributed by atoms with Gasteiger partial charge in [0.1, 0.15) is 0 Å². The van der Waals surface area contributed by atoms with E-state index < -0.39 is 11.7 Å². The summed E-state index contributed by atoms with van der Waals surface area (Å²) in [4.78, 5) is 15.4. The average Bonchev–Trinajstić information content (AvgIpc) is 3.22. The Kier molecular flexibility index (Phi) is 4.80. The van der Waals surface area contributed by atoms with Crippen LogP contribution in [0.4, 0.5) is 18.9 Å². The number of anilines is 1. The Bertz CT molecular complexity index is 700. The number of nitrogens with zero attached hydrogens (tertiary/aromatic N) is 1. The Morgan fingerprint density at radius 3 is 2.83 bits per heavy atom. The van der Waals surface area contributed by atoms with E-state index in [-0.39, 0.29) is 18.5 Å². The lowest BCUT2D eigenvalue weighted by molar-refractivity contribution is -0.137. The molecule has 1 N–H and O–H groups in total. The third-order valence-electron chi connectivity index (χ3n) is 4.08. The van der Waals surface area contributed by atoms with E-state index in [0.29, 0.717) is 12.2 Å². The first-order valence-corrected chi connectivity index (χ1v) is 8.57. The molecular weight excluding hydrogens is 337 g/mol. The van der Waals surface area contributed by atoms with E-state index in [9.17, 15) is 18.0 Å². The number of likely N-dealkylation sites (tertiary alicyclic amines) is 1. The third kappa shape index (κ3) is 3.72. The number of hydrogen-bond acceptors (Lipinski definition) is 3. The quantitative estimate of drug-likeness (QED) is 0.874. The van der Waals surface area contributed by atoms with Crippen LogP contribution in [-0.4, -0.2) is 23.9 Å². The van der Waals surface area contributed by atoms with Crippen LogP contribution in [0.25, 0.3) is 0 Å². The molecule has 2 aromatic rings. The van der Waals surface area contributed by atoms with Crippen molar-refractivity contribution < 1.29 is 18.0 Å². The van der Waals surface area contributed by atoms with E-state index >= 15 is 0 Å². The lowest BCUT2D eigenvalue weighted by Gasteiger charge is -2.24. The maximum absolute atomic E-state index is 12.7. The highest BCUT2D eigenvalue weighted by Gasteiger charge is 2.31. The van der Waals surface area contributed by atoms with Gasteiger partial charge in [-0.15, -0.1) is 11.3 Å². The minimum absolute atomic E-state index is 0.0107. The Hall–Kier alpha value is -2.02. The first kappa shape index (κ1) is 16.8. The van der Waals surface area contributed by atoms with Crippen LogP contribution < -0.4 is 5.32 Å². The monoisotopic (exact) mass is 354 g/mol. The van der Waals surface area contributed by atoms with Crippen molar-refractivity contribution >= 4 is 22.9 Å². The highest BCUT2D eigenvalue weighted by Crippen LogP contribution is 2.34. The molecular formula is C17H17F3N2OS. The van der Waals surface area contributed by atoms with Gasteiger partial charge in [-0.25, -0.2) is 0 Å². The maximum atomic E-state index is 12.7. The first-order valence-electron chi connectivity index (χ1n) is 7.69. The molecule has 3 rings (SSSR count).